The molecule has 4 nitrogen and oxygen atoms in total. The van der Waals surface area contributed by atoms with Crippen molar-refractivity contribution in [1.29, 1.82) is 0 Å². The number of hydrogen-bond donors (Lipinski definition) is 3. The Bertz CT molecular complexity index is 60.7. The summed E-state index contributed by atoms with van der Waals surface area (Å²) in [6.45, 7) is 7.47. The van der Waals surface area contributed by atoms with Gasteiger partial charge in [-0.05, 0) is 13.1 Å². The molecular formula is C7H19NO3. The van der Waals surface area contributed by atoms with Crippen LogP contribution in [-0.2, 0) is 4.79 Å². The van der Waals surface area contributed by atoms with Crippen LogP contribution in [0.25, 0.3) is 0 Å². The van der Waals surface area contributed by atoms with Gasteiger partial charge in [0, 0.05) is 14.0 Å². The lowest BCUT2D eigenvalue weighted by Crippen LogP contribution is -2.09. The van der Waals surface area contributed by atoms with E-state index >= 15 is 0 Å². The molecule has 0 saturated carbocycles. The molecule has 0 heterocycles. The average molecular weight is 165 g/mol. The third kappa shape index (κ3) is 265. The Balaban J connectivity index is -0.0000000965. The molecular weight excluding hydrogens is 146 g/mol. The van der Waals surface area contributed by atoms with Crippen LogP contribution < -0.4 is 5.32 Å². The number of aliphatic carboxylic acids is 1. The maximum Gasteiger partial charge on any atom is 0.300 e. The largest absolute Gasteiger partial charge is 0.481 e. The van der Waals surface area contributed by atoms with Gasteiger partial charge in [0.05, 0.1) is 0 Å². The Morgan fingerprint density at radius 3 is 1.45 bits per heavy atom. The highest BCUT2D eigenvalue weighted by molar-refractivity contribution is 5.62. The predicted octanol–water partition coefficient (Wildman–Crippen LogP) is 0.315. The zero-order chi connectivity index (χ0) is 9.70. The van der Waals surface area contributed by atoms with Gasteiger partial charge in [-0.3, -0.25) is 4.79 Å². The van der Waals surface area contributed by atoms with Crippen LogP contribution in [0.5, 0.6) is 0 Å². The minimum absolute atomic E-state index is 0.833. The first kappa shape index (κ1) is 16.8. The highest BCUT2D eigenvalue weighted by Crippen LogP contribution is 1.47. The van der Waals surface area contributed by atoms with E-state index in [4.69, 9.17) is 15.0 Å². The number of carboxylic acids is 1. The summed E-state index contributed by atoms with van der Waals surface area (Å²) in [5, 5.41) is 17.5. The maximum atomic E-state index is 9.00. The van der Waals surface area contributed by atoms with Crippen LogP contribution in [0.4, 0.5) is 0 Å². The molecule has 70 valence electrons. The fourth-order valence-corrected chi connectivity index (χ4v) is 0.250. The van der Waals surface area contributed by atoms with Gasteiger partial charge in [0.2, 0.25) is 0 Å². The lowest BCUT2D eigenvalue weighted by molar-refractivity contribution is -0.134. The summed E-state index contributed by atoms with van der Waals surface area (Å²) in [6, 6.07) is 0. The SMILES string of the molecule is CC(=O)O.CCNCC.CO. The molecule has 0 aromatic carbocycles. The number of carboxylic acid groups (broad SMARTS) is 1. The van der Waals surface area contributed by atoms with E-state index in [1.54, 1.807) is 0 Å². The fourth-order valence-electron chi connectivity index (χ4n) is 0.250. The van der Waals surface area contributed by atoms with Gasteiger partial charge in [0.25, 0.3) is 5.97 Å². The molecule has 3 N–H and O–H groups in total. The Labute approximate surface area is 68.2 Å². The molecule has 0 rings (SSSR count). The molecule has 0 saturated heterocycles. The van der Waals surface area contributed by atoms with Gasteiger partial charge in [0.1, 0.15) is 0 Å². The summed E-state index contributed by atoms with van der Waals surface area (Å²) in [6.07, 6.45) is 0. The zero-order valence-electron chi connectivity index (χ0n) is 7.72. The van der Waals surface area contributed by atoms with Crippen LogP contribution in [0, 0.1) is 0 Å². The van der Waals surface area contributed by atoms with Gasteiger partial charge >= 0.3 is 0 Å². The monoisotopic (exact) mass is 165 g/mol. The molecule has 0 unspecified atom stereocenters. The highest BCUT2D eigenvalue weighted by Gasteiger charge is 1.65. The van der Waals surface area contributed by atoms with Crippen molar-refractivity contribution >= 4 is 5.97 Å². The lowest BCUT2D eigenvalue weighted by Gasteiger charge is -1.86. The van der Waals surface area contributed by atoms with E-state index in [0.717, 1.165) is 27.1 Å². The highest BCUT2D eigenvalue weighted by atomic mass is 16.4. The van der Waals surface area contributed by atoms with Crippen molar-refractivity contribution in [3.8, 4) is 0 Å². The van der Waals surface area contributed by atoms with Crippen molar-refractivity contribution in [1.82, 2.24) is 5.32 Å². The van der Waals surface area contributed by atoms with Crippen molar-refractivity contribution < 1.29 is 15.0 Å². The molecule has 4 heteroatoms. The standard InChI is InChI=1S/C4H11N.C2H4O2.CH4O/c1-3-5-4-2;1-2(3)4;1-2/h5H,3-4H2,1-2H3;1H3,(H,3,4);2H,1H3. The Hall–Kier alpha value is -0.610. The van der Waals surface area contributed by atoms with E-state index in [2.05, 4.69) is 19.2 Å². The van der Waals surface area contributed by atoms with Crippen molar-refractivity contribution in [2.45, 2.75) is 20.8 Å². The van der Waals surface area contributed by atoms with Crippen LogP contribution in [0.2, 0.25) is 0 Å². The number of aliphatic hydroxyl groups is 1. The van der Waals surface area contributed by atoms with E-state index in [9.17, 15) is 0 Å². The number of rotatable bonds is 2. The molecule has 0 aliphatic carbocycles. The van der Waals surface area contributed by atoms with E-state index in [1.165, 1.54) is 0 Å². The minimum atomic E-state index is -0.833. The van der Waals surface area contributed by atoms with Crippen molar-refractivity contribution in [3.05, 3.63) is 0 Å². The second kappa shape index (κ2) is 22.8. The zero-order valence-corrected chi connectivity index (χ0v) is 7.72. The smallest absolute Gasteiger partial charge is 0.300 e. The molecule has 0 amide bonds. The summed E-state index contributed by atoms with van der Waals surface area (Å²) < 4.78 is 0. The fraction of sp³-hybridized carbons (Fsp3) is 0.857. The Morgan fingerprint density at radius 2 is 1.45 bits per heavy atom. The Morgan fingerprint density at radius 1 is 1.27 bits per heavy atom. The second-order valence-corrected chi connectivity index (χ2v) is 1.48. The lowest BCUT2D eigenvalue weighted by atomic mass is 10.7. The average Bonchev–Trinajstić information content (AvgIpc) is 1.93. The minimum Gasteiger partial charge on any atom is -0.481 e. The summed E-state index contributed by atoms with van der Waals surface area (Å²) in [5.41, 5.74) is 0. The van der Waals surface area contributed by atoms with Crippen LogP contribution in [-0.4, -0.2) is 36.4 Å². The number of nitrogens with one attached hydrogen (secondary N) is 1. The summed E-state index contributed by atoms with van der Waals surface area (Å²) in [4.78, 5) is 9.00. The third-order valence-corrected chi connectivity index (χ3v) is 0.500. The van der Waals surface area contributed by atoms with Gasteiger partial charge in [-0.15, -0.1) is 0 Å². The van der Waals surface area contributed by atoms with Gasteiger partial charge < -0.3 is 15.5 Å². The molecule has 0 atom stereocenters. The van der Waals surface area contributed by atoms with Gasteiger partial charge in [-0.25, -0.2) is 0 Å². The van der Waals surface area contributed by atoms with Crippen LogP contribution in [0.15, 0.2) is 0 Å². The molecule has 0 radical (unpaired) electrons. The topological polar surface area (TPSA) is 69.6 Å². The van der Waals surface area contributed by atoms with Crippen molar-refractivity contribution in [3.63, 3.8) is 0 Å². The first-order valence-corrected chi connectivity index (χ1v) is 3.50. The summed E-state index contributed by atoms with van der Waals surface area (Å²) >= 11 is 0. The molecule has 11 heavy (non-hydrogen) atoms. The molecule has 0 spiro atoms. The molecule has 0 fully saturated rings. The molecule has 0 bridgehead atoms. The first-order chi connectivity index (χ1) is 5.15. The van der Waals surface area contributed by atoms with Crippen molar-refractivity contribution in [2.75, 3.05) is 20.2 Å². The second-order valence-electron chi connectivity index (χ2n) is 1.48. The van der Waals surface area contributed by atoms with Gasteiger partial charge in [0.15, 0.2) is 0 Å². The third-order valence-electron chi connectivity index (χ3n) is 0.500. The number of aliphatic hydroxyl groups excluding tert-OH is 1. The summed E-state index contributed by atoms with van der Waals surface area (Å²) in [7, 11) is 1.00. The first-order valence-electron chi connectivity index (χ1n) is 3.50. The Kier molecular flexibility index (Phi) is 34.7. The molecule has 0 aromatic rings. The van der Waals surface area contributed by atoms with E-state index in [1.807, 2.05) is 0 Å². The van der Waals surface area contributed by atoms with Crippen molar-refractivity contribution in [2.24, 2.45) is 0 Å². The molecule has 0 aliphatic heterocycles. The number of hydrogen-bond acceptors (Lipinski definition) is 3. The van der Waals surface area contributed by atoms with Crippen LogP contribution >= 0.6 is 0 Å². The van der Waals surface area contributed by atoms with E-state index in [0.29, 0.717) is 0 Å². The van der Waals surface area contributed by atoms with Gasteiger partial charge in [-0.1, -0.05) is 13.8 Å². The molecule has 0 aliphatic rings. The molecule has 0 aromatic heterocycles. The van der Waals surface area contributed by atoms with E-state index in [-0.39, 0.29) is 0 Å². The number of carbonyl (C=O) groups is 1. The van der Waals surface area contributed by atoms with Crippen LogP contribution in [0.1, 0.15) is 20.8 Å². The predicted molar refractivity (Wildman–Crippen MR) is 45.7 cm³/mol. The van der Waals surface area contributed by atoms with E-state index < -0.39 is 5.97 Å². The summed E-state index contributed by atoms with van der Waals surface area (Å²) in [5.74, 6) is -0.833. The normalized spacial score (nSPS) is 6.64. The maximum absolute atomic E-state index is 9.00. The quantitative estimate of drug-likeness (QED) is 0.551. The van der Waals surface area contributed by atoms with Gasteiger partial charge in [-0.2, -0.15) is 0 Å². The van der Waals surface area contributed by atoms with Crippen LogP contribution in [0.3, 0.4) is 0 Å².